The van der Waals surface area contributed by atoms with Crippen molar-refractivity contribution in [2.75, 3.05) is 7.11 Å². The summed E-state index contributed by atoms with van der Waals surface area (Å²) in [6, 6.07) is 7.76. The summed E-state index contributed by atoms with van der Waals surface area (Å²) in [5, 5.41) is -0.0722. The number of benzene rings is 1. The molecule has 0 fully saturated rings. The highest BCUT2D eigenvalue weighted by atomic mass is 35.5. The molecule has 0 bridgehead atoms. The summed E-state index contributed by atoms with van der Waals surface area (Å²) in [5.41, 5.74) is 1.07. The number of nitrogens with zero attached hydrogens (tertiary/aromatic N) is 1. The summed E-state index contributed by atoms with van der Waals surface area (Å²) in [6.07, 6.45) is 4.22. The Morgan fingerprint density at radius 1 is 1.38 bits per heavy atom. The fraction of sp³-hybridized carbons (Fsp3) is 0.250. The molecule has 1 aromatic heterocycles. The normalized spacial score (nSPS) is 12.4. The van der Waals surface area contributed by atoms with Crippen LogP contribution in [0.4, 0.5) is 0 Å². The maximum Gasteiger partial charge on any atom is 0.118 e. The predicted octanol–water partition coefficient (Wildman–Crippen LogP) is 2.94. The van der Waals surface area contributed by atoms with Crippen molar-refractivity contribution in [2.24, 2.45) is 0 Å². The zero-order chi connectivity index (χ0) is 11.4. The molecule has 0 saturated carbocycles. The molecule has 0 radical (unpaired) electrons. The van der Waals surface area contributed by atoms with Crippen LogP contribution >= 0.6 is 11.6 Å². The molecule has 4 heteroatoms. The first-order valence-electron chi connectivity index (χ1n) is 5.06. The second kappa shape index (κ2) is 5.03. The summed E-state index contributed by atoms with van der Waals surface area (Å²) in [7, 11) is 1.65. The highest BCUT2D eigenvalue weighted by Crippen LogP contribution is 2.25. The molecule has 16 heavy (non-hydrogen) atoms. The zero-order valence-electron chi connectivity index (χ0n) is 8.98. The van der Waals surface area contributed by atoms with Crippen molar-refractivity contribution in [2.45, 2.75) is 11.8 Å². The Balaban J connectivity index is 2.05. The molecule has 0 saturated heterocycles. The molecule has 84 valence electrons. The van der Waals surface area contributed by atoms with Crippen molar-refractivity contribution in [3.63, 3.8) is 0 Å². The third kappa shape index (κ3) is 2.55. The smallest absolute Gasteiger partial charge is 0.118 e. The van der Waals surface area contributed by atoms with Crippen molar-refractivity contribution < 1.29 is 4.74 Å². The number of methoxy groups -OCH3 is 1. The quantitative estimate of drug-likeness (QED) is 0.829. The number of aromatic amines is 1. The molecule has 1 heterocycles. The van der Waals surface area contributed by atoms with Gasteiger partial charge in [-0.15, -0.1) is 11.6 Å². The first kappa shape index (κ1) is 11.0. The van der Waals surface area contributed by atoms with Crippen LogP contribution in [0.25, 0.3) is 0 Å². The number of rotatable bonds is 4. The van der Waals surface area contributed by atoms with Gasteiger partial charge in [0.2, 0.25) is 0 Å². The lowest BCUT2D eigenvalue weighted by Gasteiger charge is -2.08. The van der Waals surface area contributed by atoms with Crippen LogP contribution in [-0.2, 0) is 6.42 Å². The highest BCUT2D eigenvalue weighted by molar-refractivity contribution is 6.20. The maximum absolute atomic E-state index is 6.29. The SMILES string of the molecule is COc1ccc(C(Cl)Cc2ncc[nH]2)cc1. The largest absolute Gasteiger partial charge is 0.497 e. The Labute approximate surface area is 99.4 Å². The molecule has 1 atom stereocenters. The lowest BCUT2D eigenvalue weighted by atomic mass is 10.1. The highest BCUT2D eigenvalue weighted by Gasteiger charge is 2.10. The molecule has 0 amide bonds. The molecule has 3 nitrogen and oxygen atoms in total. The number of aromatic nitrogens is 2. The van der Waals surface area contributed by atoms with Crippen LogP contribution in [0.5, 0.6) is 5.75 Å². The fourth-order valence-electron chi connectivity index (χ4n) is 1.51. The van der Waals surface area contributed by atoms with Gasteiger partial charge in [0.15, 0.2) is 0 Å². The van der Waals surface area contributed by atoms with Gasteiger partial charge in [-0.2, -0.15) is 0 Å². The second-order valence-corrected chi connectivity index (χ2v) is 4.01. The van der Waals surface area contributed by atoms with E-state index in [1.807, 2.05) is 24.3 Å². The van der Waals surface area contributed by atoms with Crippen LogP contribution in [0.1, 0.15) is 16.8 Å². The minimum absolute atomic E-state index is 0.0722. The van der Waals surface area contributed by atoms with E-state index in [1.54, 1.807) is 19.5 Å². The van der Waals surface area contributed by atoms with Crippen LogP contribution in [0, 0.1) is 0 Å². The number of nitrogens with one attached hydrogen (secondary N) is 1. The lowest BCUT2D eigenvalue weighted by molar-refractivity contribution is 0.414. The van der Waals surface area contributed by atoms with Crippen molar-refractivity contribution >= 4 is 11.6 Å². The van der Waals surface area contributed by atoms with Crippen molar-refractivity contribution in [3.8, 4) is 5.75 Å². The van der Waals surface area contributed by atoms with E-state index >= 15 is 0 Å². The van der Waals surface area contributed by atoms with E-state index in [-0.39, 0.29) is 5.38 Å². The van der Waals surface area contributed by atoms with E-state index in [9.17, 15) is 0 Å². The summed E-state index contributed by atoms with van der Waals surface area (Å²) < 4.78 is 5.09. The van der Waals surface area contributed by atoms with E-state index in [0.29, 0.717) is 6.42 Å². The minimum Gasteiger partial charge on any atom is -0.497 e. The van der Waals surface area contributed by atoms with E-state index in [0.717, 1.165) is 17.1 Å². The van der Waals surface area contributed by atoms with Crippen LogP contribution < -0.4 is 4.74 Å². The Bertz CT molecular complexity index is 425. The van der Waals surface area contributed by atoms with Crippen LogP contribution in [0.15, 0.2) is 36.7 Å². The second-order valence-electron chi connectivity index (χ2n) is 3.48. The van der Waals surface area contributed by atoms with Gasteiger partial charge in [0.05, 0.1) is 12.5 Å². The summed E-state index contributed by atoms with van der Waals surface area (Å²) in [6.45, 7) is 0. The van der Waals surface area contributed by atoms with Gasteiger partial charge < -0.3 is 9.72 Å². The van der Waals surface area contributed by atoms with Gasteiger partial charge in [0, 0.05) is 18.8 Å². The Morgan fingerprint density at radius 2 is 2.12 bits per heavy atom. The fourth-order valence-corrected chi connectivity index (χ4v) is 1.80. The van der Waals surface area contributed by atoms with Crippen LogP contribution in [0.2, 0.25) is 0 Å². The van der Waals surface area contributed by atoms with Crippen molar-refractivity contribution in [3.05, 3.63) is 48.0 Å². The van der Waals surface area contributed by atoms with Gasteiger partial charge in [-0.25, -0.2) is 4.98 Å². The molecule has 2 aromatic rings. The van der Waals surface area contributed by atoms with Crippen molar-refractivity contribution in [1.29, 1.82) is 0 Å². The lowest BCUT2D eigenvalue weighted by Crippen LogP contribution is -1.97. The van der Waals surface area contributed by atoms with Gasteiger partial charge >= 0.3 is 0 Å². The van der Waals surface area contributed by atoms with Crippen molar-refractivity contribution in [1.82, 2.24) is 9.97 Å². The van der Waals surface area contributed by atoms with Gasteiger partial charge in [-0.05, 0) is 17.7 Å². The molecular weight excluding hydrogens is 224 g/mol. The summed E-state index contributed by atoms with van der Waals surface area (Å²) >= 11 is 6.29. The number of alkyl halides is 1. The molecule has 1 N–H and O–H groups in total. The topological polar surface area (TPSA) is 37.9 Å². The van der Waals surface area contributed by atoms with E-state index in [2.05, 4.69) is 9.97 Å². The third-order valence-electron chi connectivity index (χ3n) is 2.40. The molecule has 1 unspecified atom stereocenters. The summed E-state index contributed by atoms with van der Waals surface area (Å²) in [5.74, 6) is 1.74. The monoisotopic (exact) mass is 236 g/mol. The third-order valence-corrected chi connectivity index (χ3v) is 2.81. The number of hydrogen-bond donors (Lipinski definition) is 1. The van der Waals surface area contributed by atoms with Gasteiger partial charge in [0.1, 0.15) is 11.6 Å². The van der Waals surface area contributed by atoms with E-state index in [4.69, 9.17) is 16.3 Å². The van der Waals surface area contributed by atoms with Crippen LogP contribution in [-0.4, -0.2) is 17.1 Å². The number of imidazole rings is 1. The minimum atomic E-state index is -0.0722. The Kier molecular flexibility index (Phi) is 3.47. The number of halogens is 1. The molecule has 0 aliphatic rings. The standard InChI is InChI=1S/C12H13ClN2O/c1-16-10-4-2-9(3-5-10)11(13)8-12-14-6-7-15-12/h2-7,11H,8H2,1H3,(H,14,15). The molecular formula is C12H13ClN2O. The van der Waals surface area contributed by atoms with Gasteiger partial charge in [0.25, 0.3) is 0 Å². The first-order chi connectivity index (χ1) is 7.79. The first-order valence-corrected chi connectivity index (χ1v) is 5.49. The average molecular weight is 237 g/mol. The van der Waals surface area contributed by atoms with E-state index < -0.39 is 0 Å². The van der Waals surface area contributed by atoms with Crippen LogP contribution in [0.3, 0.4) is 0 Å². The van der Waals surface area contributed by atoms with Gasteiger partial charge in [-0.3, -0.25) is 0 Å². The molecule has 1 aromatic carbocycles. The molecule has 0 aliphatic carbocycles. The number of hydrogen-bond acceptors (Lipinski definition) is 2. The number of ether oxygens (including phenoxy) is 1. The molecule has 0 spiro atoms. The van der Waals surface area contributed by atoms with Gasteiger partial charge in [-0.1, -0.05) is 12.1 Å². The number of H-pyrrole nitrogens is 1. The predicted molar refractivity (Wildman–Crippen MR) is 63.9 cm³/mol. The average Bonchev–Trinajstić information content (AvgIpc) is 2.82. The summed E-state index contributed by atoms with van der Waals surface area (Å²) in [4.78, 5) is 7.19. The molecule has 2 rings (SSSR count). The molecule has 0 aliphatic heterocycles. The van der Waals surface area contributed by atoms with E-state index in [1.165, 1.54) is 0 Å². The zero-order valence-corrected chi connectivity index (χ0v) is 9.74. The maximum atomic E-state index is 6.29. The Hall–Kier alpha value is -1.48. The Morgan fingerprint density at radius 3 is 2.69 bits per heavy atom.